The van der Waals surface area contributed by atoms with E-state index in [4.69, 9.17) is 30.3 Å². The Morgan fingerprint density at radius 2 is 1.27 bits per heavy atom. The average Bonchev–Trinajstić information content (AvgIpc) is 4.02. The highest BCUT2D eigenvalue weighted by Crippen LogP contribution is 2.47. The summed E-state index contributed by atoms with van der Waals surface area (Å²) in [7, 11) is -4.08. The first-order valence-corrected chi connectivity index (χ1v) is 18.5. The third kappa shape index (κ3) is 15.9. The van der Waals surface area contributed by atoms with E-state index in [1.54, 1.807) is 37.3 Å². The van der Waals surface area contributed by atoms with Crippen LogP contribution in [-0.2, 0) is 23.6 Å². The number of benzene rings is 2. The van der Waals surface area contributed by atoms with Crippen LogP contribution in [0, 0.1) is 20.9 Å². The molecule has 15 heteroatoms. The molecule has 2 aromatic rings. The first-order chi connectivity index (χ1) is 23.1. The number of esters is 2. The van der Waals surface area contributed by atoms with Gasteiger partial charge in [0.05, 0.1) is 18.1 Å². The molecule has 0 spiro atoms. The van der Waals surface area contributed by atoms with Crippen molar-refractivity contribution in [2.45, 2.75) is 86.2 Å². The van der Waals surface area contributed by atoms with Gasteiger partial charge in [-0.05, 0) is 95.2 Å². The number of nitrogens with zero attached hydrogens (tertiary/aromatic N) is 2. The molecule has 0 amide bonds. The summed E-state index contributed by atoms with van der Waals surface area (Å²) >= 11 is 5.26. The number of para-hydroxylation sites is 1. The minimum Gasteiger partial charge on any atom is -0.464 e. The predicted molar refractivity (Wildman–Crippen MR) is 190 cm³/mol. The van der Waals surface area contributed by atoms with Gasteiger partial charge in [0.25, 0.3) is 5.69 Å². The van der Waals surface area contributed by atoms with Crippen LogP contribution < -0.4 is 19.0 Å². The zero-order valence-electron chi connectivity index (χ0n) is 29.6. The fourth-order valence-corrected chi connectivity index (χ4v) is 5.53. The third-order valence-electron chi connectivity index (χ3n) is 8.14. The SMILES string of the molecule is CCN(CC)CC.C[C@H](NCl)C(=O)OCC1(C)CC1.C[C@H](NP(=O)(Oc1ccccc1)Oc1ccc([N+](=O)[O-])cc1)C(=O)OCC1(C)CC1. The molecule has 2 N–H and O–H groups in total. The number of nitro groups is 1. The van der Waals surface area contributed by atoms with Gasteiger partial charge in [-0.15, -0.1) is 0 Å². The molecule has 1 unspecified atom stereocenters. The molecule has 0 heterocycles. The lowest BCUT2D eigenvalue weighted by molar-refractivity contribution is -0.384. The summed E-state index contributed by atoms with van der Waals surface area (Å²) in [6.07, 6.45) is 4.31. The molecular formula is C34H52ClN4O9P. The van der Waals surface area contributed by atoms with Crippen molar-refractivity contribution in [3.63, 3.8) is 0 Å². The van der Waals surface area contributed by atoms with Crippen LogP contribution in [-0.4, -0.2) is 66.7 Å². The molecule has 49 heavy (non-hydrogen) atoms. The van der Waals surface area contributed by atoms with Crippen molar-refractivity contribution in [3.05, 3.63) is 64.7 Å². The van der Waals surface area contributed by atoms with E-state index in [0.717, 1.165) is 25.7 Å². The quantitative estimate of drug-likeness (QED) is 0.0552. The Morgan fingerprint density at radius 1 is 0.837 bits per heavy atom. The monoisotopic (exact) mass is 726 g/mol. The zero-order chi connectivity index (χ0) is 36.7. The minimum absolute atomic E-state index is 0.0227. The molecule has 0 aromatic heterocycles. The molecule has 3 atom stereocenters. The topological polar surface area (TPSA) is 159 Å². The van der Waals surface area contributed by atoms with Crippen LogP contribution >= 0.6 is 19.5 Å². The zero-order valence-corrected chi connectivity index (χ0v) is 31.3. The van der Waals surface area contributed by atoms with E-state index in [9.17, 15) is 24.3 Å². The van der Waals surface area contributed by atoms with Crippen molar-refractivity contribution >= 4 is 37.1 Å². The lowest BCUT2D eigenvalue weighted by Crippen LogP contribution is -2.36. The van der Waals surface area contributed by atoms with Crippen LogP contribution in [0.25, 0.3) is 0 Å². The molecule has 274 valence electrons. The molecule has 2 fully saturated rings. The highest BCUT2D eigenvalue weighted by molar-refractivity contribution is 7.52. The van der Waals surface area contributed by atoms with E-state index in [0.29, 0.717) is 13.2 Å². The van der Waals surface area contributed by atoms with Gasteiger partial charge >= 0.3 is 19.7 Å². The number of nitrogens with one attached hydrogen (secondary N) is 2. The molecule has 2 aliphatic rings. The summed E-state index contributed by atoms with van der Waals surface area (Å²) in [5.41, 5.74) is 0.135. The first-order valence-electron chi connectivity index (χ1n) is 16.6. The number of non-ortho nitro benzene ring substituents is 1. The standard InChI is InChI=1S/C20H23N2O7P.C8H14ClNO2.C6H15N/c1-15(19(23)27-14-20(2)12-13-20)21-30(26,28-17-6-4-3-5-7-17)29-18-10-8-16(9-11-18)22(24)25;1-6(10-9)7(11)12-5-8(2)3-4-8;1-4-7(5-2)6-3/h3-11,15H,12-14H2,1-2H3,(H,21,26);6,10H,3-5H2,1-2H3;4-6H2,1-3H3/t15-,30?;6-;/m00./s1. The minimum atomic E-state index is -4.08. The van der Waals surface area contributed by atoms with Crippen LogP contribution in [0.1, 0.15) is 74.1 Å². The molecule has 2 aliphatic carbocycles. The highest BCUT2D eigenvalue weighted by Gasteiger charge is 2.40. The third-order valence-corrected chi connectivity index (χ3v) is 10.1. The first kappa shape index (κ1) is 41.9. The van der Waals surface area contributed by atoms with Crippen LogP contribution in [0.3, 0.4) is 0 Å². The molecule has 2 aromatic carbocycles. The number of carbonyl (C=O) groups excluding carboxylic acids is 2. The second kappa shape index (κ2) is 19.8. The Hall–Kier alpha value is -3.22. The Kier molecular flexibility index (Phi) is 17.0. The second-order valence-corrected chi connectivity index (χ2v) is 14.7. The van der Waals surface area contributed by atoms with Gasteiger partial charge in [-0.3, -0.25) is 19.7 Å². The van der Waals surface area contributed by atoms with Crippen molar-refractivity contribution in [1.82, 2.24) is 14.8 Å². The van der Waals surface area contributed by atoms with Crippen molar-refractivity contribution < 1.29 is 37.6 Å². The van der Waals surface area contributed by atoms with E-state index in [1.807, 2.05) is 6.92 Å². The summed E-state index contributed by atoms with van der Waals surface area (Å²) in [5.74, 6) is -0.509. The van der Waals surface area contributed by atoms with Gasteiger partial charge in [0.15, 0.2) is 0 Å². The van der Waals surface area contributed by atoms with Crippen LogP contribution in [0.2, 0.25) is 0 Å². The Bertz CT molecular complexity index is 1370. The van der Waals surface area contributed by atoms with Gasteiger partial charge < -0.3 is 23.4 Å². The molecule has 13 nitrogen and oxygen atoms in total. The fourth-order valence-electron chi connectivity index (χ4n) is 3.92. The smallest absolute Gasteiger partial charge is 0.464 e. The number of rotatable bonds is 17. The van der Waals surface area contributed by atoms with E-state index in [2.05, 4.69) is 42.5 Å². The molecule has 0 aliphatic heterocycles. The van der Waals surface area contributed by atoms with Gasteiger partial charge in [0.2, 0.25) is 0 Å². The summed E-state index contributed by atoms with van der Waals surface area (Å²) in [6.45, 7) is 18.3. The maximum atomic E-state index is 13.4. The maximum Gasteiger partial charge on any atom is 0.513 e. The van der Waals surface area contributed by atoms with Gasteiger partial charge in [0.1, 0.15) is 23.6 Å². The van der Waals surface area contributed by atoms with Gasteiger partial charge in [-0.1, -0.05) is 52.8 Å². The van der Waals surface area contributed by atoms with E-state index in [1.165, 1.54) is 50.8 Å². The van der Waals surface area contributed by atoms with Crippen LogP contribution in [0.5, 0.6) is 11.5 Å². The molecular weight excluding hydrogens is 675 g/mol. The summed E-state index contributed by atoms with van der Waals surface area (Å²) in [5, 5.41) is 13.4. The van der Waals surface area contributed by atoms with Gasteiger partial charge in [-0.2, -0.15) is 5.09 Å². The van der Waals surface area contributed by atoms with Crippen molar-refractivity contribution in [2.75, 3.05) is 32.8 Å². The highest BCUT2D eigenvalue weighted by atomic mass is 35.5. The average molecular weight is 727 g/mol. The van der Waals surface area contributed by atoms with Crippen molar-refractivity contribution in [3.8, 4) is 11.5 Å². The summed E-state index contributed by atoms with van der Waals surface area (Å²) < 4.78 is 34.8. The molecule has 2 saturated carbocycles. The summed E-state index contributed by atoms with van der Waals surface area (Å²) in [6, 6.07) is 12.0. The number of nitro benzene ring substituents is 1. The number of hydrogen-bond acceptors (Lipinski definition) is 11. The number of carbonyl (C=O) groups is 2. The second-order valence-electron chi connectivity index (χ2n) is 12.9. The number of ether oxygens (including phenoxy) is 2. The molecule has 4 rings (SSSR count). The Morgan fingerprint density at radius 3 is 1.63 bits per heavy atom. The molecule has 0 saturated heterocycles. The van der Waals surface area contributed by atoms with Crippen molar-refractivity contribution in [1.29, 1.82) is 0 Å². The lowest BCUT2D eigenvalue weighted by atomic mass is 10.2. The largest absolute Gasteiger partial charge is 0.513 e. The Balaban J connectivity index is 0.000000359. The summed E-state index contributed by atoms with van der Waals surface area (Å²) in [4.78, 5) is 38.4. The maximum absolute atomic E-state index is 13.4. The lowest BCUT2D eigenvalue weighted by Gasteiger charge is -2.23. The predicted octanol–water partition coefficient (Wildman–Crippen LogP) is 7.29. The normalized spacial score (nSPS) is 17.3. The van der Waals surface area contributed by atoms with E-state index >= 15 is 0 Å². The van der Waals surface area contributed by atoms with Crippen LogP contribution in [0.4, 0.5) is 5.69 Å². The van der Waals surface area contributed by atoms with Crippen molar-refractivity contribution in [2.24, 2.45) is 10.8 Å². The number of hydrogen-bond donors (Lipinski definition) is 2. The van der Waals surface area contributed by atoms with Gasteiger partial charge in [0, 0.05) is 23.0 Å². The Labute approximate surface area is 295 Å². The number of halogens is 1. The fraction of sp³-hybridized carbons (Fsp3) is 0.588. The van der Waals surface area contributed by atoms with E-state index < -0.39 is 30.7 Å². The van der Waals surface area contributed by atoms with Crippen LogP contribution in [0.15, 0.2) is 54.6 Å². The molecule has 0 bridgehead atoms. The van der Waals surface area contributed by atoms with E-state index in [-0.39, 0.29) is 34.0 Å². The molecule has 0 radical (unpaired) electrons. The van der Waals surface area contributed by atoms with Gasteiger partial charge in [-0.25, -0.2) is 9.40 Å².